The van der Waals surface area contributed by atoms with Crippen molar-refractivity contribution < 1.29 is 29.3 Å². The van der Waals surface area contributed by atoms with E-state index < -0.39 is 17.1 Å². The first-order chi connectivity index (χ1) is 14.8. The number of esters is 2. The van der Waals surface area contributed by atoms with Crippen LogP contribution in [-0.4, -0.2) is 47.1 Å². The molecule has 0 spiro atoms. The molecule has 0 amide bonds. The SMILES string of the molecule is COC(=O)[C@]1(C)CCC[C@@]2(C)C1[C@@H](O)C[C@@](C)(O)[C@@H]2CC/C(C)=C/C[C@H]1OC(=O)C=C1C. The first kappa shape index (κ1) is 25.0. The van der Waals surface area contributed by atoms with E-state index in [-0.39, 0.29) is 41.7 Å². The summed E-state index contributed by atoms with van der Waals surface area (Å²) in [5, 5.41) is 22.5. The molecule has 3 aliphatic rings. The average Bonchev–Trinajstić information content (AvgIpc) is 3.01. The maximum Gasteiger partial charge on any atom is 0.331 e. The molecule has 0 radical (unpaired) electrons. The van der Waals surface area contributed by atoms with Crippen LogP contribution >= 0.6 is 0 Å². The highest BCUT2D eigenvalue weighted by molar-refractivity contribution is 5.85. The fraction of sp³-hybridized carbons (Fsp3) is 0.769. The van der Waals surface area contributed by atoms with Gasteiger partial charge < -0.3 is 19.7 Å². The Morgan fingerprint density at radius 3 is 2.59 bits per heavy atom. The molecule has 32 heavy (non-hydrogen) atoms. The van der Waals surface area contributed by atoms with E-state index in [4.69, 9.17) is 9.47 Å². The van der Waals surface area contributed by atoms with Crippen LogP contribution < -0.4 is 0 Å². The van der Waals surface area contributed by atoms with Crippen molar-refractivity contribution in [1.29, 1.82) is 0 Å². The average molecular weight is 449 g/mol. The topological polar surface area (TPSA) is 93.1 Å². The van der Waals surface area contributed by atoms with Gasteiger partial charge in [0.15, 0.2) is 0 Å². The molecule has 0 bridgehead atoms. The van der Waals surface area contributed by atoms with Crippen LogP contribution in [0.4, 0.5) is 0 Å². The van der Waals surface area contributed by atoms with Crippen LogP contribution in [-0.2, 0) is 19.1 Å². The van der Waals surface area contributed by atoms with Gasteiger partial charge in [0.1, 0.15) is 6.10 Å². The predicted octanol–water partition coefficient (Wildman–Crippen LogP) is 4.09. The molecule has 3 rings (SSSR count). The molecule has 2 aliphatic carbocycles. The molecule has 6 heteroatoms. The third-order valence-electron chi connectivity index (χ3n) is 8.63. The van der Waals surface area contributed by atoms with Crippen LogP contribution in [0.5, 0.6) is 0 Å². The van der Waals surface area contributed by atoms with Gasteiger partial charge in [-0.05, 0) is 70.3 Å². The predicted molar refractivity (Wildman–Crippen MR) is 122 cm³/mol. The number of aliphatic hydroxyl groups excluding tert-OH is 1. The number of carbonyl (C=O) groups is 2. The number of hydrogen-bond acceptors (Lipinski definition) is 6. The Labute approximate surface area is 192 Å². The maximum absolute atomic E-state index is 12.8. The van der Waals surface area contributed by atoms with E-state index in [2.05, 4.69) is 19.9 Å². The summed E-state index contributed by atoms with van der Waals surface area (Å²) in [6.07, 6.45) is 7.63. The van der Waals surface area contributed by atoms with Crippen molar-refractivity contribution in [3.63, 3.8) is 0 Å². The number of aliphatic hydroxyl groups is 2. The van der Waals surface area contributed by atoms with Gasteiger partial charge in [-0.2, -0.15) is 0 Å². The summed E-state index contributed by atoms with van der Waals surface area (Å²) in [4.78, 5) is 24.2. The fourth-order valence-corrected chi connectivity index (χ4v) is 7.19. The van der Waals surface area contributed by atoms with E-state index in [0.29, 0.717) is 12.8 Å². The minimum atomic E-state index is -1.01. The molecule has 2 N–H and O–H groups in total. The van der Waals surface area contributed by atoms with Crippen molar-refractivity contribution in [2.45, 2.75) is 97.4 Å². The highest BCUT2D eigenvalue weighted by Crippen LogP contribution is 2.63. The van der Waals surface area contributed by atoms with Gasteiger partial charge in [0.25, 0.3) is 0 Å². The molecular weight excluding hydrogens is 408 g/mol. The highest BCUT2D eigenvalue weighted by atomic mass is 16.5. The molecule has 0 aromatic carbocycles. The number of allylic oxidation sites excluding steroid dienone is 1. The van der Waals surface area contributed by atoms with E-state index in [1.54, 1.807) is 6.08 Å². The van der Waals surface area contributed by atoms with Gasteiger partial charge in [0, 0.05) is 24.8 Å². The zero-order valence-corrected chi connectivity index (χ0v) is 20.4. The number of carbonyl (C=O) groups excluding carboxylic acids is 2. The normalized spacial score (nSPS) is 42.2. The number of fused-ring (bicyclic) bond motifs is 1. The standard InChI is InChI=1S/C26H40O6/c1-16(8-10-19-17(2)14-21(28)32-19)9-11-20-24(3)12-7-13-25(4,23(29)31-6)22(24)18(27)15-26(20,5)30/h8,14,18-20,22,27,30H,7,9-13,15H2,1-6H3/b16-8+/t18-,19+,20+,22?,24+,25+,26+/m0/s1. The van der Waals surface area contributed by atoms with Gasteiger partial charge in [-0.1, -0.05) is 25.0 Å². The van der Waals surface area contributed by atoms with Gasteiger partial charge in [-0.25, -0.2) is 4.79 Å². The molecule has 1 unspecified atom stereocenters. The van der Waals surface area contributed by atoms with E-state index >= 15 is 0 Å². The van der Waals surface area contributed by atoms with Crippen molar-refractivity contribution in [1.82, 2.24) is 0 Å². The van der Waals surface area contributed by atoms with E-state index in [1.807, 2.05) is 20.8 Å². The third kappa shape index (κ3) is 4.41. The molecule has 0 saturated heterocycles. The number of hydrogen-bond donors (Lipinski definition) is 2. The number of ether oxygens (including phenoxy) is 2. The zero-order valence-electron chi connectivity index (χ0n) is 20.4. The molecule has 6 nitrogen and oxygen atoms in total. The van der Waals surface area contributed by atoms with Crippen LogP contribution in [0.1, 0.15) is 79.6 Å². The number of methoxy groups -OCH3 is 1. The second kappa shape index (κ2) is 8.94. The molecule has 7 atom stereocenters. The van der Waals surface area contributed by atoms with Gasteiger partial charge >= 0.3 is 11.9 Å². The third-order valence-corrected chi connectivity index (χ3v) is 8.63. The molecule has 2 fully saturated rings. The summed E-state index contributed by atoms with van der Waals surface area (Å²) in [6, 6.07) is 0. The summed E-state index contributed by atoms with van der Waals surface area (Å²) >= 11 is 0. The monoisotopic (exact) mass is 448 g/mol. The minimum absolute atomic E-state index is 0.0537. The Hall–Kier alpha value is -1.66. The van der Waals surface area contributed by atoms with Gasteiger partial charge in [-0.3, -0.25) is 4.79 Å². The Morgan fingerprint density at radius 2 is 2.00 bits per heavy atom. The van der Waals surface area contributed by atoms with Crippen molar-refractivity contribution in [3.05, 3.63) is 23.3 Å². The van der Waals surface area contributed by atoms with Crippen molar-refractivity contribution >= 4 is 11.9 Å². The molecule has 0 aromatic rings. The van der Waals surface area contributed by atoms with Crippen molar-refractivity contribution in [2.24, 2.45) is 22.7 Å². The lowest BCUT2D eigenvalue weighted by Gasteiger charge is -2.62. The second-order valence-electron chi connectivity index (χ2n) is 11.1. The van der Waals surface area contributed by atoms with Gasteiger partial charge in [-0.15, -0.1) is 0 Å². The lowest BCUT2D eigenvalue weighted by atomic mass is 9.44. The van der Waals surface area contributed by atoms with Crippen LogP contribution in [0.2, 0.25) is 0 Å². The molecule has 1 heterocycles. The lowest BCUT2D eigenvalue weighted by Crippen LogP contribution is -2.64. The molecule has 180 valence electrons. The fourth-order valence-electron chi connectivity index (χ4n) is 7.19. The molecule has 1 aliphatic heterocycles. The summed E-state index contributed by atoms with van der Waals surface area (Å²) in [5.74, 6) is -0.850. The van der Waals surface area contributed by atoms with Gasteiger partial charge in [0.2, 0.25) is 0 Å². The van der Waals surface area contributed by atoms with Crippen LogP contribution in [0, 0.1) is 22.7 Å². The number of rotatable bonds is 6. The highest BCUT2D eigenvalue weighted by Gasteiger charge is 2.64. The summed E-state index contributed by atoms with van der Waals surface area (Å²) in [7, 11) is 1.41. The quantitative estimate of drug-likeness (QED) is 0.470. The Kier molecular flexibility index (Phi) is 6.98. The Bertz CT molecular complexity index is 811. The van der Waals surface area contributed by atoms with E-state index in [0.717, 1.165) is 31.3 Å². The Morgan fingerprint density at radius 1 is 1.31 bits per heavy atom. The van der Waals surface area contributed by atoms with Crippen LogP contribution in [0.15, 0.2) is 23.3 Å². The van der Waals surface area contributed by atoms with E-state index in [1.165, 1.54) is 12.7 Å². The van der Waals surface area contributed by atoms with E-state index in [9.17, 15) is 19.8 Å². The molecular formula is C26H40O6. The van der Waals surface area contributed by atoms with Crippen LogP contribution in [0.3, 0.4) is 0 Å². The second-order valence-corrected chi connectivity index (χ2v) is 11.1. The first-order valence-electron chi connectivity index (χ1n) is 11.9. The van der Waals surface area contributed by atoms with Crippen molar-refractivity contribution in [3.8, 4) is 0 Å². The Balaban J connectivity index is 1.78. The summed E-state index contributed by atoms with van der Waals surface area (Å²) < 4.78 is 10.5. The van der Waals surface area contributed by atoms with Crippen LogP contribution in [0.25, 0.3) is 0 Å². The maximum atomic E-state index is 12.8. The first-order valence-corrected chi connectivity index (χ1v) is 11.9. The summed E-state index contributed by atoms with van der Waals surface area (Å²) in [5.41, 5.74) is -0.00295. The zero-order chi connectivity index (χ0) is 23.9. The van der Waals surface area contributed by atoms with Crippen molar-refractivity contribution in [2.75, 3.05) is 7.11 Å². The number of cyclic esters (lactones) is 1. The lowest BCUT2D eigenvalue weighted by molar-refractivity contribution is -0.224. The van der Waals surface area contributed by atoms with Gasteiger partial charge in [0.05, 0.1) is 24.2 Å². The summed E-state index contributed by atoms with van der Waals surface area (Å²) in [6.45, 7) is 9.88. The smallest absolute Gasteiger partial charge is 0.331 e. The molecule has 0 aromatic heterocycles. The largest absolute Gasteiger partial charge is 0.469 e. The minimum Gasteiger partial charge on any atom is -0.469 e. The molecule has 2 saturated carbocycles.